The summed E-state index contributed by atoms with van der Waals surface area (Å²) >= 11 is 0. The number of nitrogens with one attached hydrogen (secondary N) is 1. The Kier molecular flexibility index (Phi) is 12.0. The molecule has 9 heteroatoms. The molecule has 0 saturated heterocycles. The molecule has 3 N–H and O–H groups in total. The second-order valence-corrected chi connectivity index (χ2v) is 10.7. The summed E-state index contributed by atoms with van der Waals surface area (Å²) in [4.78, 5) is 30.3. The topological polar surface area (TPSA) is 93.1 Å². The fourth-order valence-corrected chi connectivity index (χ4v) is 5.01. The maximum Gasteiger partial charge on any atom is 0.253 e. The van der Waals surface area contributed by atoms with Crippen molar-refractivity contribution in [2.75, 3.05) is 31.6 Å². The van der Waals surface area contributed by atoms with Gasteiger partial charge in [0.05, 0.1) is 12.1 Å². The molecular weight excluding hydrogens is 540 g/mol. The van der Waals surface area contributed by atoms with E-state index in [-0.39, 0.29) is 30.0 Å². The minimum Gasteiger partial charge on any atom is -0.388 e. The molecule has 42 heavy (non-hydrogen) atoms. The van der Waals surface area contributed by atoms with Gasteiger partial charge in [0.25, 0.3) is 11.8 Å². The number of aliphatic hydroxyl groups is 2. The maximum absolute atomic E-state index is 14.0. The zero-order valence-electron chi connectivity index (χ0n) is 24.7. The first kappa shape index (κ1) is 32.7. The van der Waals surface area contributed by atoms with Crippen molar-refractivity contribution in [3.63, 3.8) is 0 Å². The first-order valence-electron chi connectivity index (χ1n) is 14.3. The first-order chi connectivity index (χ1) is 20.0. The van der Waals surface area contributed by atoms with Gasteiger partial charge in [-0.25, -0.2) is 8.78 Å². The van der Waals surface area contributed by atoms with Gasteiger partial charge in [0, 0.05) is 49.6 Å². The van der Waals surface area contributed by atoms with Crippen molar-refractivity contribution in [3.8, 4) is 0 Å². The second-order valence-electron chi connectivity index (χ2n) is 10.7. The maximum atomic E-state index is 14.0. The normalized spacial score (nSPS) is 13.2. The van der Waals surface area contributed by atoms with Crippen LogP contribution in [-0.2, 0) is 6.42 Å². The molecule has 0 radical (unpaired) electrons. The Morgan fingerprint density at radius 3 is 2.07 bits per heavy atom. The number of nitrogens with zero attached hydrogens (tertiary/aromatic N) is 2. The van der Waals surface area contributed by atoms with E-state index in [0.29, 0.717) is 24.2 Å². The van der Waals surface area contributed by atoms with Gasteiger partial charge in [0.1, 0.15) is 17.7 Å². The summed E-state index contributed by atoms with van der Waals surface area (Å²) in [6.45, 7) is 6.98. The van der Waals surface area contributed by atoms with Crippen LogP contribution in [0, 0.1) is 18.6 Å². The molecule has 3 aromatic carbocycles. The minimum absolute atomic E-state index is 0.0306. The lowest BCUT2D eigenvalue weighted by atomic mass is 9.96. The fraction of sp³-hybridized carbons (Fsp3) is 0.394. The van der Waals surface area contributed by atoms with Crippen molar-refractivity contribution in [3.05, 3.63) is 101 Å². The summed E-state index contributed by atoms with van der Waals surface area (Å²) < 4.78 is 28.0. The number of hydrogen-bond donors (Lipinski definition) is 3. The summed E-state index contributed by atoms with van der Waals surface area (Å²) in [6, 6.07) is 16.0. The highest BCUT2D eigenvalue weighted by molar-refractivity contribution is 6.00. The van der Waals surface area contributed by atoms with Gasteiger partial charge in [-0.15, -0.1) is 0 Å². The van der Waals surface area contributed by atoms with Gasteiger partial charge in [-0.1, -0.05) is 32.0 Å². The van der Waals surface area contributed by atoms with E-state index in [1.54, 1.807) is 35.9 Å². The van der Waals surface area contributed by atoms with Crippen LogP contribution in [0.5, 0.6) is 0 Å². The molecule has 0 aliphatic heterocycles. The van der Waals surface area contributed by atoms with E-state index < -0.39 is 35.8 Å². The lowest BCUT2D eigenvalue weighted by molar-refractivity contribution is 0.00153. The first-order valence-corrected chi connectivity index (χ1v) is 14.3. The molecule has 3 rings (SSSR count). The molecule has 0 spiro atoms. The average Bonchev–Trinajstić information content (AvgIpc) is 2.95. The summed E-state index contributed by atoms with van der Waals surface area (Å²) in [5, 5.41) is 24.9. The zero-order chi connectivity index (χ0) is 30.8. The van der Waals surface area contributed by atoms with Gasteiger partial charge in [0.2, 0.25) is 0 Å². The predicted octanol–water partition coefficient (Wildman–Crippen LogP) is 4.73. The van der Waals surface area contributed by atoms with Crippen LogP contribution >= 0.6 is 0 Å². The van der Waals surface area contributed by atoms with Crippen molar-refractivity contribution in [1.29, 1.82) is 0 Å². The Labute approximate surface area is 246 Å². The fourth-order valence-electron chi connectivity index (χ4n) is 5.01. The van der Waals surface area contributed by atoms with Crippen LogP contribution in [0.2, 0.25) is 0 Å². The predicted molar refractivity (Wildman–Crippen MR) is 161 cm³/mol. The SMILES string of the molecule is CCCN(CCC)C(=O)c1cc(C)cc(C(=O)N[C@H](Cc2cc(F)cc(F)c2)[C@H](O)[C@H](O)CN(C)c2ccccc2)c1. The number of anilines is 1. The highest BCUT2D eigenvalue weighted by atomic mass is 19.1. The molecular formula is C33H41F2N3O4. The molecule has 0 bridgehead atoms. The highest BCUT2D eigenvalue weighted by Gasteiger charge is 2.30. The molecule has 0 saturated carbocycles. The van der Waals surface area contributed by atoms with Crippen LogP contribution in [-0.4, -0.2) is 71.9 Å². The van der Waals surface area contributed by atoms with E-state index in [1.807, 2.05) is 44.2 Å². The van der Waals surface area contributed by atoms with E-state index in [1.165, 1.54) is 6.07 Å². The number of carbonyl (C=O) groups excluding carboxylic acids is 2. The van der Waals surface area contributed by atoms with Crippen LogP contribution in [0.25, 0.3) is 0 Å². The quantitative estimate of drug-likeness (QED) is 0.256. The molecule has 0 heterocycles. The Bertz CT molecular complexity index is 1310. The Balaban J connectivity index is 1.87. The van der Waals surface area contributed by atoms with E-state index in [4.69, 9.17) is 0 Å². The lowest BCUT2D eigenvalue weighted by Gasteiger charge is -2.31. The number of aliphatic hydroxyl groups excluding tert-OH is 2. The van der Waals surface area contributed by atoms with Gasteiger partial charge in [-0.2, -0.15) is 0 Å². The Morgan fingerprint density at radius 1 is 0.881 bits per heavy atom. The van der Waals surface area contributed by atoms with Gasteiger partial charge in [-0.05, 0) is 79.8 Å². The van der Waals surface area contributed by atoms with Gasteiger partial charge in [0.15, 0.2) is 0 Å². The molecule has 3 atom stereocenters. The smallest absolute Gasteiger partial charge is 0.253 e. The van der Waals surface area contributed by atoms with Crippen LogP contribution in [0.4, 0.5) is 14.5 Å². The number of amides is 2. The third-order valence-corrected chi connectivity index (χ3v) is 7.02. The number of halogens is 2. The molecule has 226 valence electrons. The van der Waals surface area contributed by atoms with Crippen molar-refractivity contribution in [1.82, 2.24) is 10.2 Å². The van der Waals surface area contributed by atoms with E-state index >= 15 is 0 Å². The monoisotopic (exact) mass is 581 g/mol. The number of aryl methyl sites for hydroxylation is 1. The Morgan fingerprint density at radius 2 is 1.48 bits per heavy atom. The van der Waals surface area contributed by atoms with E-state index in [9.17, 15) is 28.6 Å². The molecule has 0 aromatic heterocycles. The number of likely N-dealkylation sites (N-methyl/N-ethyl adjacent to an activating group) is 1. The molecule has 0 unspecified atom stereocenters. The molecule has 0 fully saturated rings. The minimum atomic E-state index is -1.48. The van der Waals surface area contributed by atoms with Crippen LogP contribution in [0.1, 0.15) is 58.5 Å². The molecule has 7 nitrogen and oxygen atoms in total. The molecule has 0 aliphatic rings. The van der Waals surface area contributed by atoms with Gasteiger partial charge in [-0.3, -0.25) is 9.59 Å². The summed E-state index contributed by atoms with van der Waals surface area (Å²) in [7, 11) is 1.76. The number of benzene rings is 3. The van der Waals surface area contributed by atoms with E-state index in [2.05, 4.69) is 5.32 Å². The van der Waals surface area contributed by atoms with Crippen molar-refractivity contribution >= 4 is 17.5 Å². The van der Waals surface area contributed by atoms with E-state index in [0.717, 1.165) is 36.7 Å². The van der Waals surface area contributed by atoms with Crippen molar-refractivity contribution in [2.45, 2.75) is 58.3 Å². The highest BCUT2D eigenvalue weighted by Crippen LogP contribution is 2.18. The Hall–Kier alpha value is -3.82. The van der Waals surface area contributed by atoms with Gasteiger partial charge < -0.3 is 25.3 Å². The summed E-state index contributed by atoms with van der Waals surface area (Å²) in [5.41, 5.74) is 2.29. The summed E-state index contributed by atoms with van der Waals surface area (Å²) in [6.07, 6.45) is -1.35. The van der Waals surface area contributed by atoms with Crippen molar-refractivity contribution in [2.24, 2.45) is 0 Å². The number of carbonyl (C=O) groups is 2. The molecule has 2 amide bonds. The third kappa shape index (κ3) is 9.09. The lowest BCUT2D eigenvalue weighted by Crippen LogP contribution is -2.52. The summed E-state index contributed by atoms with van der Waals surface area (Å²) in [5.74, 6) is -2.35. The zero-order valence-corrected chi connectivity index (χ0v) is 24.7. The van der Waals surface area contributed by atoms with Crippen LogP contribution < -0.4 is 10.2 Å². The number of para-hydroxylation sites is 1. The van der Waals surface area contributed by atoms with Crippen LogP contribution in [0.3, 0.4) is 0 Å². The van der Waals surface area contributed by atoms with Crippen LogP contribution in [0.15, 0.2) is 66.7 Å². The largest absolute Gasteiger partial charge is 0.388 e. The molecule has 3 aromatic rings. The third-order valence-electron chi connectivity index (χ3n) is 7.02. The molecule has 0 aliphatic carbocycles. The standard InChI is InChI=1S/C33H41F2N3O4/c1-5-12-38(13-6-2)33(42)25-15-22(3)14-24(19-25)32(41)36-29(18-23-16-26(34)20-27(35)17-23)31(40)30(39)21-37(4)28-10-8-7-9-11-28/h7-11,14-17,19-20,29-31,39-40H,5-6,12-13,18,21H2,1-4H3,(H,36,41)/t29-,30-,31+/m1/s1. The number of hydrogen-bond acceptors (Lipinski definition) is 5. The number of rotatable bonds is 14. The second kappa shape index (κ2) is 15.4. The van der Waals surface area contributed by atoms with Crippen molar-refractivity contribution < 1.29 is 28.6 Å². The van der Waals surface area contributed by atoms with Gasteiger partial charge >= 0.3 is 0 Å². The average molecular weight is 582 g/mol.